The van der Waals surface area contributed by atoms with E-state index < -0.39 is 0 Å². The third kappa shape index (κ3) is 4.16. The first kappa shape index (κ1) is 16.7. The monoisotopic (exact) mass is 297 g/mol. The predicted octanol–water partition coefficient (Wildman–Crippen LogP) is 5.23. The molecule has 2 aliphatic carbocycles. The molecule has 0 aromatic carbocycles. The molecule has 0 spiro atoms. The van der Waals surface area contributed by atoms with E-state index in [1.54, 1.807) is 0 Å². The molecule has 0 bridgehead atoms. The standard InChI is InChI=1S/C18H35NS/c1-4-18(2,3)15-11-10-14(13-19)17(12-15)20-16-8-6-5-7-9-16/h14-17H,4-13,19H2,1-3H3. The molecule has 2 N–H and O–H groups in total. The van der Waals surface area contributed by atoms with E-state index in [-0.39, 0.29) is 0 Å². The van der Waals surface area contributed by atoms with E-state index in [2.05, 4.69) is 32.5 Å². The molecule has 2 rings (SSSR count). The Morgan fingerprint density at radius 1 is 1.05 bits per heavy atom. The van der Waals surface area contributed by atoms with Gasteiger partial charge in [0.15, 0.2) is 0 Å². The molecule has 0 aromatic rings. The number of hydrogen-bond donors (Lipinski definition) is 1. The predicted molar refractivity (Wildman–Crippen MR) is 92.2 cm³/mol. The first-order chi connectivity index (χ1) is 9.56. The third-order valence-electron chi connectivity index (χ3n) is 6.17. The Morgan fingerprint density at radius 2 is 1.75 bits per heavy atom. The van der Waals surface area contributed by atoms with Crippen LogP contribution in [-0.4, -0.2) is 17.0 Å². The van der Waals surface area contributed by atoms with E-state index >= 15 is 0 Å². The number of hydrogen-bond acceptors (Lipinski definition) is 2. The highest BCUT2D eigenvalue weighted by Gasteiger charge is 2.37. The molecule has 2 heteroatoms. The van der Waals surface area contributed by atoms with Crippen LogP contribution in [0.2, 0.25) is 0 Å². The number of nitrogens with two attached hydrogens (primary N) is 1. The summed E-state index contributed by atoms with van der Waals surface area (Å²) in [6.45, 7) is 8.22. The fraction of sp³-hybridized carbons (Fsp3) is 1.00. The molecule has 3 atom stereocenters. The summed E-state index contributed by atoms with van der Waals surface area (Å²) in [4.78, 5) is 0. The van der Waals surface area contributed by atoms with Crippen LogP contribution in [0.5, 0.6) is 0 Å². The fourth-order valence-electron chi connectivity index (χ4n) is 4.08. The molecule has 0 saturated heterocycles. The van der Waals surface area contributed by atoms with Crippen molar-refractivity contribution in [3.05, 3.63) is 0 Å². The van der Waals surface area contributed by atoms with Crippen LogP contribution in [0.3, 0.4) is 0 Å². The van der Waals surface area contributed by atoms with Gasteiger partial charge in [-0.15, -0.1) is 0 Å². The van der Waals surface area contributed by atoms with Gasteiger partial charge in [-0.1, -0.05) is 46.5 Å². The van der Waals surface area contributed by atoms with Crippen molar-refractivity contribution in [2.75, 3.05) is 6.54 Å². The highest BCUT2D eigenvalue weighted by Crippen LogP contribution is 2.47. The molecule has 0 aliphatic heterocycles. The molecule has 0 aromatic heterocycles. The van der Waals surface area contributed by atoms with Gasteiger partial charge in [0.25, 0.3) is 0 Å². The van der Waals surface area contributed by atoms with Crippen LogP contribution < -0.4 is 5.73 Å². The molecule has 2 fully saturated rings. The van der Waals surface area contributed by atoms with Crippen molar-refractivity contribution < 1.29 is 0 Å². The Bertz CT molecular complexity index is 283. The van der Waals surface area contributed by atoms with Crippen molar-refractivity contribution in [2.24, 2.45) is 23.0 Å². The zero-order chi connectivity index (χ0) is 14.6. The zero-order valence-electron chi connectivity index (χ0n) is 13.9. The van der Waals surface area contributed by atoms with E-state index in [0.29, 0.717) is 5.41 Å². The highest BCUT2D eigenvalue weighted by atomic mass is 32.2. The van der Waals surface area contributed by atoms with Crippen molar-refractivity contribution in [2.45, 2.75) is 89.1 Å². The van der Waals surface area contributed by atoms with Crippen molar-refractivity contribution in [3.63, 3.8) is 0 Å². The Hall–Kier alpha value is 0.310. The summed E-state index contributed by atoms with van der Waals surface area (Å²) >= 11 is 2.32. The summed E-state index contributed by atoms with van der Waals surface area (Å²) in [7, 11) is 0. The van der Waals surface area contributed by atoms with E-state index in [9.17, 15) is 0 Å². The second-order valence-electron chi connectivity index (χ2n) is 7.78. The van der Waals surface area contributed by atoms with Crippen LogP contribution in [-0.2, 0) is 0 Å². The summed E-state index contributed by atoms with van der Waals surface area (Å²) in [5.74, 6) is 1.70. The van der Waals surface area contributed by atoms with Crippen LogP contribution in [0.4, 0.5) is 0 Å². The molecule has 1 nitrogen and oxygen atoms in total. The average molecular weight is 298 g/mol. The van der Waals surface area contributed by atoms with Crippen LogP contribution >= 0.6 is 11.8 Å². The van der Waals surface area contributed by atoms with Crippen LogP contribution in [0.15, 0.2) is 0 Å². The lowest BCUT2D eigenvalue weighted by atomic mass is 9.67. The van der Waals surface area contributed by atoms with Crippen molar-refractivity contribution in [1.82, 2.24) is 0 Å². The van der Waals surface area contributed by atoms with Gasteiger partial charge in [-0.05, 0) is 55.9 Å². The van der Waals surface area contributed by atoms with Gasteiger partial charge in [0.1, 0.15) is 0 Å². The summed E-state index contributed by atoms with van der Waals surface area (Å²) < 4.78 is 0. The topological polar surface area (TPSA) is 26.0 Å². The van der Waals surface area contributed by atoms with Gasteiger partial charge in [0.05, 0.1) is 0 Å². The van der Waals surface area contributed by atoms with Gasteiger partial charge in [-0.3, -0.25) is 0 Å². The molecule has 118 valence electrons. The Balaban J connectivity index is 1.95. The quantitative estimate of drug-likeness (QED) is 0.751. The number of rotatable bonds is 5. The first-order valence-electron chi connectivity index (χ1n) is 8.92. The number of thioether (sulfide) groups is 1. The van der Waals surface area contributed by atoms with Gasteiger partial charge in [0, 0.05) is 10.5 Å². The maximum Gasteiger partial charge on any atom is 0.00929 e. The lowest BCUT2D eigenvalue weighted by molar-refractivity contribution is 0.134. The lowest BCUT2D eigenvalue weighted by Gasteiger charge is -2.44. The summed E-state index contributed by atoms with van der Waals surface area (Å²) in [6.07, 6.45) is 12.8. The smallest absolute Gasteiger partial charge is 0.00929 e. The van der Waals surface area contributed by atoms with Crippen LogP contribution in [0.1, 0.15) is 78.6 Å². The van der Waals surface area contributed by atoms with Gasteiger partial charge < -0.3 is 5.73 Å². The zero-order valence-corrected chi connectivity index (χ0v) is 14.7. The van der Waals surface area contributed by atoms with Crippen LogP contribution in [0, 0.1) is 17.3 Å². The molecule has 2 saturated carbocycles. The van der Waals surface area contributed by atoms with Crippen molar-refractivity contribution >= 4 is 11.8 Å². The molecular weight excluding hydrogens is 262 g/mol. The normalized spacial score (nSPS) is 33.3. The van der Waals surface area contributed by atoms with E-state index in [1.165, 1.54) is 57.8 Å². The molecule has 2 aliphatic rings. The summed E-state index contributed by atoms with van der Waals surface area (Å²) in [5.41, 5.74) is 6.59. The first-order valence-corrected chi connectivity index (χ1v) is 9.86. The molecular formula is C18H35NS. The third-order valence-corrected chi connectivity index (χ3v) is 7.95. The van der Waals surface area contributed by atoms with Crippen molar-refractivity contribution in [1.29, 1.82) is 0 Å². The van der Waals surface area contributed by atoms with E-state index in [1.807, 2.05) is 0 Å². The van der Waals surface area contributed by atoms with E-state index in [0.717, 1.165) is 28.9 Å². The summed E-state index contributed by atoms with van der Waals surface area (Å²) in [6, 6.07) is 0. The summed E-state index contributed by atoms with van der Waals surface area (Å²) in [5, 5.41) is 1.78. The average Bonchev–Trinajstić information content (AvgIpc) is 2.48. The highest BCUT2D eigenvalue weighted by molar-refractivity contribution is 8.00. The molecule has 0 heterocycles. The maximum absolute atomic E-state index is 6.07. The van der Waals surface area contributed by atoms with Gasteiger partial charge in [-0.25, -0.2) is 0 Å². The van der Waals surface area contributed by atoms with Crippen LogP contribution in [0.25, 0.3) is 0 Å². The van der Waals surface area contributed by atoms with Gasteiger partial charge in [0.2, 0.25) is 0 Å². The molecule has 0 radical (unpaired) electrons. The van der Waals surface area contributed by atoms with Crippen molar-refractivity contribution in [3.8, 4) is 0 Å². The Morgan fingerprint density at radius 3 is 2.35 bits per heavy atom. The lowest BCUT2D eigenvalue weighted by Crippen LogP contribution is -2.38. The van der Waals surface area contributed by atoms with E-state index in [4.69, 9.17) is 5.73 Å². The Labute approximate surface area is 130 Å². The molecule has 3 unspecified atom stereocenters. The second kappa shape index (κ2) is 7.54. The maximum atomic E-state index is 6.07. The molecule has 0 amide bonds. The Kier molecular flexibility index (Phi) is 6.28. The minimum atomic E-state index is 0.519. The second-order valence-corrected chi connectivity index (χ2v) is 9.33. The minimum absolute atomic E-state index is 0.519. The minimum Gasteiger partial charge on any atom is -0.330 e. The largest absolute Gasteiger partial charge is 0.330 e. The van der Waals surface area contributed by atoms with Gasteiger partial charge in [-0.2, -0.15) is 11.8 Å². The molecule has 20 heavy (non-hydrogen) atoms. The SMILES string of the molecule is CCC(C)(C)C1CCC(CN)C(SC2CCCCC2)C1. The van der Waals surface area contributed by atoms with Gasteiger partial charge >= 0.3 is 0 Å². The fourth-order valence-corrected chi connectivity index (χ4v) is 5.99.